The molecule has 0 saturated carbocycles. The molecular formula is C15H14ClNO2S. The van der Waals surface area contributed by atoms with Crippen molar-refractivity contribution in [2.75, 3.05) is 6.54 Å². The van der Waals surface area contributed by atoms with Crippen LogP contribution in [-0.2, 0) is 11.3 Å². The van der Waals surface area contributed by atoms with Crippen LogP contribution >= 0.6 is 22.9 Å². The number of thiophene rings is 1. The average Bonchev–Trinajstić information content (AvgIpc) is 2.88. The molecule has 0 aliphatic heterocycles. The van der Waals surface area contributed by atoms with E-state index in [-0.39, 0.29) is 6.61 Å². The fourth-order valence-corrected chi connectivity index (χ4v) is 2.41. The van der Waals surface area contributed by atoms with Crippen molar-refractivity contribution in [3.8, 4) is 0 Å². The van der Waals surface area contributed by atoms with Crippen LogP contribution in [0.3, 0.4) is 0 Å². The van der Waals surface area contributed by atoms with Gasteiger partial charge in [-0.3, -0.25) is 0 Å². The van der Waals surface area contributed by atoms with Crippen molar-refractivity contribution in [1.29, 1.82) is 0 Å². The third-order valence-corrected chi connectivity index (χ3v) is 3.72. The second-order valence-electron chi connectivity index (χ2n) is 3.99. The van der Waals surface area contributed by atoms with Crippen LogP contribution in [-0.4, -0.2) is 12.6 Å². The second-order valence-corrected chi connectivity index (χ2v) is 5.51. The molecule has 2 aromatic rings. The zero-order valence-electron chi connectivity index (χ0n) is 10.7. The monoisotopic (exact) mass is 307 g/mol. The van der Waals surface area contributed by atoms with Gasteiger partial charge in [0.25, 0.3) is 0 Å². The lowest BCUT2D eigenvalue weighted by molar-refractivity contribution is 0.141. The predicted octanol–water partition coefficient (Wildman–Crippen LogP) is 4.34. The summed E-state index contributed by atoms with van der Waals surface area (Å²) in [7, 11) is 0. The highest BCUT2D eigenvalue weighted by atomic mass is 35.5. The van der Waals surface area contributed by atoms with Gasteiger partial charge in [0.05, 0.1) is 0 Å². The van der Waals surface area contributed by atoms with E-state index in [9.17, 15) is 4.79 Å². The topological polar surface area (TPSA) is 38.3 Å². The molecule has 0 bridgehead atoms. The molecule has 0 saturated heterocycles. The third kappa shape index (κ3) is 4.72. The van der Waals surface area contributed by atoms with Crippen LogP contribution in [0.2, 0.25) is 4.34 Å². The molecule has 1 amide bonds. The smallest absolute Gasteiger partial charge is 0.407 e. The first-order chi connectivity index (χ1) is 9.75. The van der Waals surface area contributed by atoms with Gasteiger partial charge in [-0.25, -0.2) is 4.79 Å². The van der Waals surface area contributed by atoms with E-state index in [0.717, 1.165) is 15.5 Å². The van der Waals surface area contributed by atoms with E-state index in [4.69, 9.17) is 16.3 Å². The van der Waals surface area contributed by atoms with Gasteiger partial charge in [0, 0.05) is 12.1 Å². The van der Waals surface area contributed by atoms with E-state index in [1.165, 1.54) is 11.3 Å². The van der Waals surface area contributed by atoms with E-state index in [0.29, 0.717) is 6.54 Å². The van der Waals surface area contributed by atoms with Crippen LogP contribution in [0.25, 0.3) is 6.08 Å². The zero-order chi connectivity index (χ0) is 14.2. The SMILES string of the molecule is O=C(NCC=Cc1ccsc1Cl)OCc1ccccc1. The van der Waals surface area contributed by atoms with E-state index in [1.807, 2.05) is 53.9 Å². The van der Waals surface area contributed by atoms with Gasteiger partial charge in [-0.2, -0.15) is 0 Å². The van der Waals surface area contributed by atoms with Crippen LogP contribution in [0.5, 0.6) is 0 Å². The highest BCUT2D eigenvalue weighted by Gasteiger charge is 2.00. The predicted molar refractivity (Wildman–Crippen MR) is 83.0 cm³/mol. The molecule has 0 radical (unpaired) electrons. The summed E-state index contributed by atoms with van der Waals surface area (Å²) in [6.07, 6.45) is 3.27. The molecule has 20 heavy (non-hydrogen) atoms. The quantitative estimate of drug-likeness (QED) is 0.892. The number of amides is 1. The van der Waals surface area contributed by atoms with Crippen LogP contribution in [0.1, 0.15) is 11.1 Å². The molecule has 0 fully saturated rings. The second kappa shape index (κ2) is 7.72. The van der Waals surface area contributed by atoms with Gasteiger partial charge in [0.2, 0.25) is 0 Å². The number of carbonyl (C=O) groups excluding carboxylic acids is 1. The van der Waals surface area contributed by atoms with Gasteiger partial charge < -0.3 is 10.1 Å². The minimum atomic E-state index is -0.435. The number of nitrogens with one attached hydrogen (secondary N) is 1. The number of hydrogen-bond acceptors (Lipinski definition) is 3. The molecule has 5 heteroatoms. The van der Waals surface area contributed by atoms with Gasteiger partial charge in [-0.05, 0) is 17.0 Å². The van der Waals surface area contributed by atoms with Crippen LogP contribution in [0.15, 0.2) is 47.9 Å². The lowest BCUT2D eigenvalue weighted by Gasteiger charge is -2.05. The number of alkyl carbamates (subject to hydrolysis) is 1. The van der Waals surface area contributed by atoms with Gasteiger partial charge in [-0.15, -0.1) is 11.3 Å². The molecule has 0 spiro atoms. The Morgan fingerprint density at radius 1 is 1.30 bits per heavy atom. The van der Waals surface area contributed by atoms with Crippen molar-refractivity contribution in [3.05, 3.63) is 63.3 Å². The molecule has 104 valence electrons. The summed E-state index contributed by atoms with van der Waals surface area (Å²) in [5, 5.41) is 4.57. The Balaban J connectivity index is 1.68. The third-order valence-electron chi connectivity index (χ3n) is 2.52. The first-order valence-corrected chi connectivity index (χ1v) is 7.35. The van der Waals surface area contributed by atoms with Gasteiger partial charge in [0.15, 0.2) is 0 Å². The Morgan fingerprint density at radius 2 is 2.10 bits per heavy atom. The van der Waals surface area contributed by atoms with Crippen molar-refractivity contribution in [3.63, 3.8) is 0 Å². The Hall–Kier alpha value is -1.78. The first kappa shape index (κ1) is 14.6. The van der Waals surface area contributed by atoms with Crippen molar-refractivity contribution in [2.45, 2.75) is 6.61 Å². The normalized spacial score (nSPS) is 10.7. The molecule has 0 unspecified atom stereocenters. The summed E-state index contributed by atoms with van der Waals surface area (Å²) in [6.45, 7) is 0.673. The average molecular weight is 308 g/mol. The van der Waals surface area contributed by atoms with Crippen LogP contribution in [0.4, 0.5) is 4.79 Å². The lowest BCUT2D eigenvalue weighted by atomic mass is 10.2. The number of rotatable bonds is 5. The maximum atomic E-state index is 11.5. The number of carbonyl (C=O) groups is 1. The summed E-state index contributed by atoms with van der Waals surface area (Å²) < 4.78 is 5.82. The maximum Gasteiger partial charge on any atom is 0.407 e. The van der Waals surface area contributed by atoms with Crippen molar-refractivity contribution < 1.29 is 9.53 Å². The molecule has 2 rings (SSSR count). The molecule has 0 aliphatic rings. The molecule has 3 nitrogen and oxygen atoms in total. The molecule has 1 heterocycles. The Morgan fingerprint density at radius 3 is 2.80 bits per heavy atom. The molecule has 1 aromatic carbocycles. The Labute approximate surface area is 126 Å². The summed E-state index contributed by atoms with van der Waals surface area (Å²) in [6, 6.07) is 11.5. The van der Waals surface area contributed by atoms with E-state index < -0.39 is 6.09 Å². The van der Waals surface area contributed by atoms with Crippen molar-refractivity contribution in [1.82, 2.24) is 5.32 Å². The number of halogens is 1. The molecule has 0 aliphatic carbocycles. The highest BCUT2D eigenvalue weighted by molar-refractivity contribution is 7.14. The minimum Gasteiger partial charge on any atom is -0.445 e. The van der Waals surface area contributed by atoms with E-state index >= 15 is 0 Å². The summed E-state index contributed by atoms with van der Waals surface area (Å²) in [5.41, 5.74) is 1.92. The van der Waals surface area contributed by atoms with Crippen molar-refractivity contribution >= 4 is 35.1 Å². The molecular weight excluding hydrogens is 294 g/mol. The van der Waals surface area contributed by atoms with Gasteiger partial charge in [-0.1, -0.05) is 54.1 Å². The summed E-state index contributed by atoms with van der Waals surface area (Å²) in [4.78, 5) is 11.5. The Bertz CT molecular complexity index is 581. The van der Waals surface area contributed by atoms with Crippen molar-refractivity contribution in [2.24, 2.45) is 0 Å². The fraction of sp³-hybridized carbons (Fsp3) is 0.133. The van der Waals surface area contributed by atoms with Crippen LogP contribution < -0.4 is 5.32 Å². The largest absolute Gasteiger partial charge is 0.445 e. The number of benzene rings is 1. The highest BCUT2D eigenvalue weighted by Crippen LogP contribution is 2.23. The first-order valence-electron chi connectivity index (χ1n) is 6.10. The van der Waals surface area contributed by atoms with E-state index in [1.54, 1.807) is 0 Å². The Kier molecular flexibility index (Phi) is 5.65. The molecule has 1 aromatic heterocycles. The van der Waals surface area contributed by atoms with E-state index in [2.05, 4.69) is 5.32 Å². The number of hydrogen-bond donors (Lipinski definition) is 1. The molecule has 1 N–H and O–H groups in total. The maximum absolute atomic E-state index is 11.5. The zero-order valence-corrected chi connectivity index (χ0v) is 12.3. The summed E-state index contributed by atoms with van der Waals surface area (Å²) in [5.74, 6) is 0. The lowest BCUT2D eigenvalue weighted by Crippen LogP contribution is -2.24. The molecule has 0 atom stereocenters. The number of ether oxygens (including phenoxy) is 1. The fourth-order valence-electron chi connectivity index (χ4n) is 1.52. The minimum absolute atomic E-state index is 0.271. The van der Waals surface area contributed by atoms with Gasteiger partial charge >= 0.3 is 6.09 Å². The van der Waals surface area contributed by atoms with Crippen LogP contribution in [0, 0.1) is 0 Å². The standard InChI is InChI=1S/C15H14ClNO2S/c16-14-13(8-10-20-14)7-4-9-17-15(18)19-11-12-5-2-1-3-6-12/h1-8,10H,9,11H2,(H,17,18). The van der Waals surface area contributed by atoms with Gasteiger partial charge in [0.1, 0.15) is 10.9 Å². The summed E-state index contributed by atoms with van der Waals surface area (Å²) >= 11 is 7.43.